The summed E-state index contributed by atoms with van der Waals surface area (Å²) in [6.45, 7) is 0.518. The van der Waals surface area contributed by atoms with Gasteiger partial charge in [-0.2, -0.15) is 0 Å². The summed E-state index contributed by atoms with van der Waals surface area (Å²) in [5.41, 5.74) is 6.37. The van der Waals surface area contributed by atoms with E-state index in [0.29, 0.717) is 23.6 Å². The molecule has 1 aliphatic heterocycles. The predicted molar refractivity (Wildman–Crippen MR) is 71.9 cm³/mol. The van der Waals surface area contributed by atoms with E-state index in [0.717, 1.165) is 6.42 Å². The Hall–Kier alpha value is -1.75. The van der Waals surface area contributed by atoms with Crippen molar-refractivity contribution < 1.29 is 14.3 Å². The van der Waals surface area contributed by atoms with Crippen LogP contribution in [0.15, 0.2) is 18.2 Å². The van der Waals surface area contributed by atoms with Gasteiger partial charge in [0.1, 0.15) is 6.04 Å². The van der Waals surface area contributed by atoms with Crippen LogP contribution in [-0.4, -0.2) is 36.5 Å². The van der Waals surface area contributed by atoms with Gasteiger partial charge in [0.2, 0.25) is 0 Å². The van der Waals surface area contributed by atoms with Crippen molar-refractivity contribution in [1.82, 2.24) is 4.90 Å². The zero-order valence-corrected chi connectivity index (χ0v) is 11.3. The second-order valence-corrected chi connectivity index (χ2v) is 4.79. The maximum Gasteiger partial charge on any atom is 0.328 e. The normalized spacial score (nSPS) is 18.4. The molecule has 1 heterocycles. The number of rotatable bonds is 2. The van der Waals surface area contributed by atoms with E-state index in [9.17, 15) is 9.59 Å². The number of nitrogens with zero attached hydrogens (tertiary/aromatic N) is 1. The monoisotopic (exact) mass is 282 g/mol. The molecule has 1 atom stereocenters. The Kier molecular flexibility index (Phi) is 3.95. The highest BCUT2D eigenvalue weighted by molar-refractivity contribution is 6.34. The van der Waals surface area contributed by atoms with Crippen LogP contribution >= 0.6 is 11.6 Å². The molecular formula is C13H15ClN2O3. The fourth-order valence-corrected chi connectivity index (χ4v) is 2.44. The average Bonchev–Trinajstić information content (AvgIpc) is 2.89. The van der Waals surface area contributed by atoms with E-state index in [1.165, 1.54) is 12.0 Å². The van der Waals surface area contributed by atoms with Crippen molar-refractivity contribution in [1.29, 1.82) is 0 Å². The second-order valence-electron chi connectivity index (χ2n) is 4.38. The van der Waals surface area contributed by atoms with Gasteiger partial charge >= 0.3 is 5.97 Å². The number of hydrogen-bond donors (Lipinski definition) is 1. The number of amides is 1. The lowest BCUT2D eigenvalue weighted by molar-refractivity contribution is -0.145. The number of ether oxygens (including phenoxy) is 1. The molecule has 1 saturated heterocycles. The van der Waals surface area contributed by atoms with Crippen LogP contribution in [0, 0.1) is 0 Å². The maximum atomic E-state index is 12.4. The first-order valence-corrected chi connectivity index (χ1v) is 6.37. The standard InChI is InChI=1S/C13H15ClN2O3/c1-19-13(18)10-6-3-7-16(10)12(17)8-4-2-5-9(14)11(8)15/h2,4-5,10H,3,6-7,15H2,1H3. The Labute approximate surface area is 116 Å². The number of esters is 1. The predicted octanol–water partition coefficient (Wildman–Crippen LogP) is 1.70. The minimum absolute atomic E-state index is 0.240. The third-order valence-corrected chi connectivity index (χ3v) is 3.60. The molecule has 19 heavy (non-hydrogen) atoms. The first-order valence-electron chi connectivity index (χ1n) is 5.99. The van der Waals surface area contributed by atoms with Gasteiger partial charge in [-0.15, -0.1) is 0 Å². The highest BCUT2D eigenvalue weighted by atomic mass is 35.5. The van der Waals surface area contributed by atoms with E-state index in [-0.39, 0.29) is 11.6 Å². The molecule has 102 valence electrons. The first-order chi connectivity index (χ1) is 9.06. The van der Waals surface area contributed by atoms with Crippen LogP contribution in [0.2, 0.25) is 5.02 Å². The number of methoxy groups -OCH3 is 1. The fourth-order valence-electron chi connectivity index (χ4n) is 2.27. The lowest BCUT2D eigenvalue weighted by atomic mass is 10.1. The Balaban J connectivity index is 2.28. The smallest absolute Gasteiger partial charge is 0.328 e. The number of nitrogen functional groups attached to an aromatic ring is 1. The fraction of sp³-hybridized carbons (Fsp3) is 0.385. The van der Waals surface area contributed by atoms with Gasteiger partial charge in [0.25, 0.3) is 5.91 Å². The minimum atomic E-state index is -0.532. The molecule has 0 spiro atoms. The summed E-state index contributed by atoms with van der Waals surface area (Å²) in [6.07, 6.45) is 1.38. The Morgan fingerprint density at radius 1 is 1.47 bits per heavy atom. The molecule has 1 aromatic carbocycles. The molecule has 1 amide bonds. The molecule has 0 bridgehead atoms. The van der Waals surface area contributed by atoms with Gasteiger partial charge in [-0.3, -0.25) is 4.79 Å². The summed E-state index contributed by atoms with van der Waals surface area (Å²) in [4.78, 5) is 25.6. The Morgan fingerprint density at radius 2 is 2.21 bits per heavy atom. The third-order valence-electron chi connectivity index (χ3n) is 3.27. The van der Waals surface area contributed by atoms with E-state index >= 15 is 0 Å². The number of hydrogen-bond acceptors (Lipinski definition) is 4. The van der Waals surface area contributed by atoms with Gasteiger partial charge in [0.15, 0.2) is 0 Å². The molecular weight excluding hydrogens is 268 g/mol. The van der Waals surface area contributed by atoms with E-state index < -0.39 is 12.0 Å². The Bertz CT molecular complexity index is 519. The van der Waals surface area contributed by atoms with Crippen LogP contribution in [0.3, 0.4) is 0 Å². The molecule has 2 N–H and O–H groups in total. The summed E-state index contributed by atoms with van der Waals surface area (Å²) in [6, 6.07) is 4.36. The van der Waals surface area contributed by atoms with Crippen LogP contribution in [-0.2, 0) is 9.53 Å². The van der Waals surface area contributed by atoms with Crippen LogP contribution in [0.4, 0.5) is 5.69 Å². The van der Waals surface area contributed by atoms with E-state index in [2.05, 4.69) is 0 Å². The number of benzene rings is 1. The molecule has 1 aromatic rings. The van der Waals surface area contributed by atoms with Gasteiger partial charge < -0.3 is 15.4 Å². The molecule has 6 heteroatoms. The molecule has 0 saturated carbocycles. The topological polar surface area (TPSA) is 72.6 Å². The van der Waals surface area contributed by atoms with Crippen molar-refractivity contribution in [3.05, 3.63) is 28.8 Å². The van der Waals surface area contributed by atoms with Crippen molar-refractivity contribution in [2.24, 2.45) is 0 Å². The molecule has 1 unspecified atom stereocenters. The van der Waals surface area contributed by atoms with Crippen LogP contribution in [0.1, 0.15) is 23.2 Å². The summed E-state index contributed by atoms with van der Waals surface area (Å²) in [5, 5.41) is 0.333. The van der Waals surface area contributed by atoms with Crippen molar-refractivity contribution in [2.45, 2.75) is 18.9 Å². The van der Waals surface area contributed by atoms with Gasteiger partial charge in [-0.25, -0.2) is 4.79 Å². The lowest BCUT2D eigenvalue weighted by Gasteiger charge is -2.23. The van der Waals surface area contributed by atoms with Crippen LogP contribution in [0.5, 0.6) is 0 Å². The second kappa shape index (κ2) is 5.48. The van der Waals surface area contributed by atoms with Gasteiger partial charge in [0, 0.05) is 6.54 Å². The number of nitrogens with two attached hydrogens (primary N) is 1. The van der Waals surface area contributed by atoms with E-state index in [1.54, 1.807) is 18.2 Å². The van der Waals surface area contributed by atoms with Crippen molar-refractivity contribution >= 4 is 29.2 Å². The Morgan fingerprint density at radius 3 is 2.89 bits per heavy atom. The molecule has 1 aliphatic rings. The van der Waals surface area contributed by atoms with Crippen molar-refractivity contribution in [3.8, 4) is 0 Å². The van der Waals surface area contributed by atoms with Crippen LogP contribution < -0.4 is 5.73 Å². The van der Waals surface area contributed by atoms with Crippen molar-refractivity contribution in [3.63, 3.8) is 0 Å². The number of para-hydroxylation sites is 1. The SMILES string of the molecule is COC(=O)C1CCCN1C(=O)c1cccc(Cl)c1N. The lowest BCUT2D eigenvalue weighted by Crippen LogP contribution is -2.41. The van der Waals surface area contributed by atoms with Gasteiger partial charge in [-0.1, -0.05) is 17.7 Å². The zero-order valence-electron chi connectivity index (χ0n) is 10.6. The van der Waals surface area contributed by atoms with E-state index in [4.69, 9.17) is 22.1 Å². The van der Waals surface area contributed by atoms with Crippen LogP contribution in [0.25, 0.3) is 0 Å². The first kappa shape index (κ1) is 13.7. The highest BCUT2D eigenvalue weighted by Gasteiger charge is 2.35. The number of carbonyl (C=O) groups excluding carboxylic acids is 2. The minimum Gasteiger partial charge on any atom is -0.467 e. The van der Waals surface area contributed by atoms with Crippen molar-refractivity contribution in [2.75, 3.05) is 19.4 Å². The average molecular weight is 283 g/mol. The summed E-state index contributed by atoms with van der Waals surface area (Å²) >= 11 is 5.90. The number of likely N-dealkylation sites (tertiary alicyclic amines) is 1. The largest absolute Gasteiger partial charge is 0.467 e. The summed E-state index contributed by atoms with van der Waals surface area (Å²) in [5.74, 6) is -0.681. The number of carbonyl (C=O) groups is 2. The van der Waals surface area contributed by atoms with E-state index in [1.807, 2.05) is 0 Å². The molecule has 2 rings (SSSR count). The molecule has 1 fully saturated rings. The number of halogens is 1. The molecule has 0 radical (unpaired) electrons. The molecule has 5 nitrogen and oxygen atoms in total. The maximum absolute atomic E-state index is 12.4. The van der Waals surface area contributed by atoms with Gasteiger partial charge in [0.05, 0.1) is 23.4 Å². The summed E-state index contributed by atoms with van der Waals surface area (Å²) < 4.78 is 4.71. The zero-order chi connectivity index (χ0) is 14.0. The quantitative estimate of drug-likeness (QED) is 0.662. The molecule has 0 aliphatic carbocycles. The third kappa shape index (κ3) is 2.51. The number of anilines is 1. The highest BCUT2D eigenvalue weighted by Crippen LogP contribution is 2.27. The van der Waals surface area contributed by atoms with Gasteiger partial charge in [-0.05, 0) is 25.0 Å². The summed E-state index contributed by atoms with van der Waals surface area (Å²) in [7, 11) is 1.32. The molecule has 0 aromatic heterocycles.